The Morgan fingerprint density at radius 3 is 2.37 bits per heavy atom. The maximum absolute atomic E-state index is 5.88. The first-order chi connectivity index (χ1) is 8.97. The average Bonchev–Trinajstić information content (AvgIpc) is 2.78. The summed E-state index contributed by atoms with van der Waals surface area (Å²) in [6.45, 7) is 8.62. The van der Waals surface area contributed by atoms with Gasteiger partial charge >= 0.3 is 0 Å². The van der Waals surface area contributed by atoms with E-state index in [1.165, 1.54) is 0 Å². The number of aromatic nitrogens is 2. The van der Waals surface area contributed by atoms with Gasteiger partial charge in [0.05, 0.1) is 28.0 Å². The van der Waals surface area contributed by atoms with Crippen LogP contribution in [0.3, 0.4) is 0 Å². The van der Waals surface area contributed by atoms with Gasteiger partial charge in [0, 0.05) is 13.2 Å². The van der Waals surface area contributed by atoms with Crippen molar-refractivity contribution in [2.75, 3.05) is 14.2 Å². The summed E-state index contributed by atoms with van der Waals surface area (Å²) in [6, 6.07) is 0.423. The summed E-state index contributed by atoms with van der Waals surface area (Å²) in [5.74, 6) is 0. The molecule has 0 aliphatic carbocycles. The Kier molecular flexibility index (Phi) is 6.02. The predicted octanol–water partition coefficient (Wildman–Crippen LogP) is 3.69. The summed E-state index contributed by atoms with van der Waals surface area (Å²) in [6.07, 6.45) is 3.76. The molecule has 0 spiro atoms. The molecule has 0 saturated heterocycles. The molecule has 110 valence electrons. The molecule has 0 saturated carbocycles. The van der Waals surface area contributed by atoms with Crippen LogP contribution in [0.25, 0.3) is 0 Å². The van der Waals surface area contributed by atoms with Gasteiger partial charge in [-0.05, 0) is 49.7 Å². The third-order valence-corrected chi connectivity index (χ3v) is 4.58. The SMILES string of the molecule is CCC(CC)(OC)C(NC)c1c(Br)cnn1C(C)C. The Bertz CT molecular complexity index is 391. The fraction of sp³-hybridized carbons (Fsp3) is 0.786. The smallest absolute Gasteiger partial charge is 0.0882 e. The van der Waals surface area contributed by atoms with E-state index in [1.54, 1.807) is 7.11 Å². The van der Waals surface area contributed by atoms with E-state index >= 15 is 0 Å². The van der Waals surface area contributed by atoms with Crippen molar-refractivity contribution in [2.24, 2.45) is 0 Å². The molecular weight excluding hydrogens is 306 g/mol. The minimum Gasteiger partial charge on any atom is -0.376 e. The summed E-state index contributed by atoms with van der Waals surface area (Å²) in [7, 11) is 3.77. The van der Waals surface area contributed by atoms with Gasteiger partial charge in [-0.3, -0.25) is 4.68 Å². The number of likely N-dealkylation sites (N-methyl/N-ethyl adjacent to an activating group) is 1. The summed E-state index contributed by atoms with van der Waals surface area (Å²) in [5.41, 5.74) is 0.937. The van der Waals surface area contributed by atoms with Crippen LogP contribution in [-0.2, 0) is 4.74 Å². The molecule has 0 radical (unpaired) electrons. The van der Waals surface area contributed by atoms with Crippen LogP contribution in [0, 0.1) is 0 Å². The van der Waals surface area contributed by atoms with Crippen molar-refractivity contribution in [1.29, 1.82) is 0 Å². The number of ether oxygens (including phenoxy) is 1. The van der Waals surface area contributed by atoms with E-state index in [9.17, 15) is 0 Å². The molecule has 0 aliphatic heterocycles. The zero-order chi connectivity index (χ0) is 14.6. The number of nitrogens with zero attached hydrogens (tertiary/aromatic N) is 2. The molecule has 1 heterocycles. The van der Waals surface area contributed by atoms with Crippen molar-refractivity contribution in [1.82, 2.24) is 15.1 Å². The first-order valence-corrected chi connectivity index (χ1v) is 7.72. The molecule has 0 amide bonds. The van der Waals surface area contributed by atoms with Crippen LogP contribution in [0.1, 0.15) is 58.3 Å². The third-order valence-electron chi connectivity index (χ3n) is 3.97. The fourth-order valence-corrected chi connectivity index (χ4v) is 3.25. The van der Waals surface area contributed by atoms with Gasteiger partial charge in [0.15, 0.2) is 0 Å². The van der Waals surface area contributed by atoms with Crippen molar-refractivity contribution in [3.63, 3.8) is 0 Å². The van der Waals surface area contributed by atoms with E-state index in [1.807, 2.05) is 13.2 Å². The van der Waals surface area contributed by atoms with Crippen LogP contribution < -0.4 is 5.32 Å². The van der Waals surface area contributed by atoms with Crippen LogP contribution >= 0.6 is 15.9 Å². The highest BCUT2D eigenvalue weighted by Crippen LogP contribution is 2.38. The summed E-state index contributed by atoms with van der Waals surface area (Å²) < 4.78 is 8.97. The quantitative estimate of drug-likeness (QED) is 0.828. The minimum absolute atomic E-state index is 0.103. The number of halogens is 1. The van der Waals surface area contributed by atoms with E-state index in [4.69, 9.17) is 4.74 Å². The summed E-state index contributed by atoms with van der Waals surface area (Å²) in [5, 5.41) is 7.89. The average molecular weight is 332 g/mol. The second kappa shape index (κ2) is 6.86. The molecule has 19 heavy (non-hydrogen) atoms. The first kappa shape index (κ1) is 16.7. The topological polar surface area (TPSA) is 39.1 Å². The van der Waals surface area contributed by atoms with Gasteiger partial charge in [-0.15, -0.1) is 0 Å². The lowest BCUT2D eigenvalue weighted by atomic mass is 9.86. The Labute approximate surface area is 125 Å². The van der Waals surface area contributed by atoms with Gasteiger partial charge in [-0.25, -0.2) is 0 Å². The number of nitrogens with one attached hydrogen (secondary N) is 1. The summed E-state index contributed by atoms with van der Waals surface area (Å²) in [4.78, 5) is 0. The summed E-state index contributed by atoms with van der Waals surface area (Å²) >= 11 is 3.63. The van der Waals surface area contributed by atoms with Crippen molar-refractivity contribution in [3.05, 3.63) is 16.4 Å². The van der Waals surface area contributed by atoms with E-state index in [0.717, 1.165) is 23.0 Å². The zero-order valence-electron chi connectivity index (χ0n) is 12.8. The van der Waals surface area contributed by atoms with E-state index < -0.39 is 0 Å². The van der Waals surface area contributed by atoms with Crippen molar-refractivity contribution >= 4 is 15.9 Å². The molecule has 4 nitrogen and oxygen atoms in total. The molecule has 1 unspecified atom stereocenters. The molecule has 5 heteroatoms. The molecular formula is C14H26BrN3O. The Balaban J connectivity index is 3.34. The molecule has 1 N–H and O–H groups in total. The second-order valence-corrected chi connectivity index (χ2v) is 5.97. The Hall–Kier alpha value is -0.390. The lowest BCUT2D eigenvalue weighted by Crippen LogP contribution is -2.45. The van der Waals surface area contributed by atoms with E-state index in [0.29, 0.717) is 6.04 Å². The van der Waals surface area contributed by atoms with Gasteiger partial charge < -0.3 is 10.1 Å². The molecule has 1 atom stereocenters. The molecule has 1 aromatic heterocycles. The lowest BCUT2D eigenvalue weighted by Gasteiger charge is -2.39. The number of hydrogen-bond donors (Lipinski definition) is 1. The van der Waals surface area contributed by atoms with Crippen LogP contribution in [0.4, 0.5) is 0 Å². The van der Waals surface area contributed by atoms with Crippen LogP contribution in [0.2, 0.25) is 0 Å². The standard InChI is InChI=1S/C14H26BrN3O/c1-7-14(8-2,19-6)13(16-5)12-11(15)9-17-18(12)10(3)4/h9-10,13,16H,7-8H2,1-6H3. The highest BCUT2D eigenvalue weighted by molar-refractivity contribution is 9.10. The minimum atomic E-state index is -0.218. The highest BCUT2D eigenvalue weighted by atomic mass is 79.9. The van der Waals surface area contributed by atoms with Gasteiger partial charge in [0.25, 0.3) is 0 Å². The maximum atomic E-state index is 5.88. The number of hydrogen-bond acceptors (Lipinski definition) is 3. The second-order valence-electron chi connectivity index (χ2n) is 5.11. The van der Waals surface area contributed by atoms with Crippen LogP contribution in [-0.4, -0.2) is 29.5 Å². The zero-order valence-corrected chi connectivity index (χ0v) is 14.4. The third kappa shape index (κ3) is 3.03. The Morgan fingerprint density at radius 1 is 1.42 bits per heavy atom. The first-order valence-electron chi connectivity index (χ1n) is 6.92. The van der Waals surface area contributed by atoms with E-state index in [2.05, 4.69) is 58.7 Å². The Morgan fingerprint density at radius 2 is 2.00 bits per heavy atom. The largest absolute Gasteiger partial charge is 0.376 e. The highest BCUT2D eigenvalue weighted by Gasteiger charge is 2.39. The van der Waals surface area contributed by atoms with Crippen molar-refractivity contribution in [2.45, 2.75) is 58.2 Å². The van der Waals surface area contributed by atoms with Crippen LogP contribution in [0.15, 0.2) is 10.7 Å². The maximum Gasteiger partial charge on any atom is 0.0882 e. The molecule has 0 aliphatic rings. The molecule has 1 rings (SSSR count). The normalized spacial score (nSPS) is 14.1. The van der Waals surface area contributed by atoms with Gasteiger partial charge in [-0.1, -0.05) is 13.8 Å². The molecule has 0 fully saturated rings. The molecule has 0 bridgehead atoms. The van der Waals surface area contributed by atoms with Crippen LogP contribution in [0.5, 0.6) is 0 Å². The fourth-order valence-electron chi connectivity index (χ4n) is 2.75. The van der Waals surface area contributed by atoms with Crippen molar-refractivity contribution in [3.8, 4) is 0 Å². The lowest BCUT2D eigenvalue weighted by molar-refractivity contribution is -0.0492. The molecule has 1 aromatic rings. The molecule has 0 aromatic carbocycles. The van der Waals surface area contributed by atoms with Crippen molar-refractivity contribution < 1.29 is 4.74 Å². The van der Waals surface area contributed by atoms with Gasteiger partial charge in [0.1, 0.15) is 0 Å². The number of rotatable bonds is 7. The van der Waals surface area contributed by atoms with Gasteiger partial charge in [0.2, 0.25) is 0 Å². The van der Waals surface area contributed by atoms with Gasteiger partial charge in [-0.2, -0.15) is 5.10 Å². The predicted molar refractivity (Wildman–Crippen MR) is 82.4 cm³/mol. The number of methoxy groups -OCH3 is 1. The van der Waals surface area contributed by atoms with E-state index in [-0.39, 0.29) is 11.6 Å². The monoisotopic (exact) mass is 331 g/mol.